The molecule has 5 rings (SSSR count). The molecule has 1 fully saturated rings. The van der Waals surface area contributed by atoms with Crippen LogP contribution >= 0.6 is 11.8 Å². The highest BCUT2D eigenvalue weighted by molar-refractivity contribution is 8.13. The Morgan fingerprint density at radius 2 is 1.85 bits per heavy atom. The first-order chi connectivity index (χ1) is 16.6. The molecule has 1 atom stereocenters. The summed E-state index contributed by atoms with van der Waals surface area (Å²) in [6.45, 7) is 0. The van der Waals surface area contributed by atoms with Crippen molar-refractivity contribution in [2.24, 2.45) is 9.98 Å². The minimum Gasteiger partial charge on any atom is -0.353 e. The van der Waals surface area contributed by atoms with Gasteiger partial charge in [0.25, 0.3) is 5.91 Å². The van der Waals surface area contributed by atoms with Gasteiger partial charge in [0.1, 0.15) is 17.7 Å². The van der Waals surface area contributed by atoms with Gasteiger partial charge in [0.15, 0.2) is 5.17 Å². The van der Waals surface area contributed by atoms with E-state index in [0.717, 1.165) is 36.9 Å². The van der Waals surface area contributed by atoms with Gasteiger partial charge in [-0.2, -0.15) is 0 Å². The number of benzene rings is 2. The number of para-hydroxylation sites is 1. The highest BCUT2D eigenvalue weighted by Crippen LogP contribution is 2.35. The van der Waals surface area contributed by atoms with Crippen LogP contribution in [0.15, 0.2) is 58.5 Å². The molecule has 6 nitrogen and oxygen atoms in total. The molecule has 1 N–H and O–H groups in total. The number of amides is 2. The Morgan fingerprint density at radius 1 is 1.09 bits per heavy atom. The zero-order valence-corrected chi connectivity index (χ0v) is 19.7. The van der Waals surface area contributed by atoms with Crippen LogP contribution in [0, 0.1) is 5.82 Å². The van der Waals surface area contributed by atoms with Crippen molar-refractivity contribution < 1.29 is 14.0 Å². The molecule has 2 amide bonds. The molecule has 2 aromatic rings. The third kappa shape index (κ3) is 4.78. The molecule has 1 aliphatic carbocycles. The summed E-state index contributed by atoms with van der Waals surface area (Å²) >= 11 is 1.31. The highest BCUT2D eigenvalue weighted by atomic mass is 32.2. The van der Waals surface area contributed by atoms with Gasteiger partial charge in [-0.25, -0.2) is 14.3 Å². The lowest BCUT2D eigenvalue weighted by Gasteiger charge is -2.25. The SMILES string of the molecule is O=C(CC[C@H]1N=C2c3ccccc3N=C(SCc3ccccc3F)N2C1=O)NC1CCCCC1. The molecule has 176 valence electrons. The molecule has 2 aromatic carbocycles. The Labute approximate surface area is 202 Å². The molecule has 8 heteroatoms. The minimum absolute atomic E-state index is 0.0204. The molecule has 0 aromatic heterocycles. The number of nitrogens with zero attached hydrogens (tertiary/aromatic N) is 3. The van der Waals surface area contributed by atoms with Gasteiger partial charge in [-0.15, -0.1) is 0 Å². The van der Waals surface area contributed by atoms with Crippen LogP contribution in [0.3, 0.4) is 0 Å². The lowest BCUT2D eigenvalue weighted by molar-refractivity contribution is -0.125. The predicted molar refractivity (Wildman–Crippen MR) is 133 cm³/mol. The summed E-state index contributed by atoms with van der Waals surface area (Å²) in [5.74, 6) is 0.418. The van der Waals surface area contributed by atoms with Crippen LogP contribution in [-0.4, -0.2) is 39.8 Å². The van der Waals surface area contributed by atoms with E-state index in [9.17, 15) is 14.0 Å². The average molecular weight is 479 g/mol. The second-order valence-electron chi connectivity index (χ2n) is 8.87. The fourth-order valence-corrected chi connectivity index (χ4v) is 5.65. The first-order valence-electron chi connectivity index (χ1n) is 11.9. The second-order valence-corrected chi connectivity index (χ2v) is 9.82. The Balaban J connectivity index is 1.30. The molecule has 34 heavy (non-hydrogen) atoms. The third-order valence-electron chi connectivity index (χ3n) is 6.48. The topological polar surface area (TPSA) is 74.1 Å². The molecular weight excluding hydrogens is 451 g/mol. The number of hydrogen-bond donors (Lipinski definition) is 1. The van der Waals surface area contributed by atoms with Crippen molar-refractivity contribution >= 4 is 40.3 Å². The number of fused-ring (bicyclic) bond motifs is 3. The summed E-state index contributed by atoms with van der Waals surface area (Å²) in [6, 6.07) is 13.8. The molecule has 3 aliphatic rings. The first-order valence-corrected chi connectivity index (χ1v) is 12.8. The van der Waals surface area contributed by atoms with Crippen LogP contribution < -0.4 is 5.32 Å². The van der Waals surface area contributed by atoms with Gasteiger partial charge in [-0.1, -0.05) is 61.4 Å². The standard InChI is InChI=1S/C26H27FN4O2S/c27-20-12-6-4-8-17(20)16-34-26-30-21-13-7-5-11-19(21)24-29-22(25(33)31(24)26)14-15-23(32)28-18-9-2-1-3-10-18/h4-8,11-13,18,22H,1-3,9-10,14-16H2,(H,28,32)/t22-/m1/s1. The van der Waals surface area contributed by atoms with Crippen molar-refractivity contribution in [3.8, 4) is 0 Å². The van der Waals surface area contributed by atoms with Crippen molar-refractivity contribution in [3.63, 3.8) is 0 Å². The Bertz CT molecular complexity index is 1160. The minimum atomic E-state index is -0.627. The van der Waals surface area contributed by atoms with Gasteiger partial charge in [0, 0.05) is 23.8 Å². The Hall–Kier alpha value is -3.00. The predicted octanol–water partition coefficient (Wildman–Crippen LogP) is 4.95. The number of carbonyl (C=O) groups excluding carboxylic acids is 2. The number of rotatable bonds is 6. The molecular formula is C26H27FN4O2S. The zero-order valence-electron chi connectivity index (χ0n) is 18.9. The molecule has 2 aliphatic heterocycles. The lowest BCUT2D eigenvalue weighted by atomic mass is 9.95. The highest BCUT2D eigenvalue weighted by Gasteiger charge is 2.41. The molecule has 2 heterocycles. The van der Waals surface area contributed by atoms with Crippen molar-refractivity contribution in [1.82, 2.24) is 10.2 Å². The maximum absolute atomic E-state index is 14.1. The average Bonchev–Trinajstić information content (AvgIpc) is 3.19. The Morgan fingerprint density at radius 3 is 2.68 bits per heavy atom. The van der Waals surface area contributed by atoms with Gasteiger partial charge in [-0.05, 0) is 43.0 Å². The van der Waals surface area contributed by atoms with E-state index in [2.05, 4.69) is 5.32 Å². The van der Waals surface area contributed by atoms with Gasteiger partial charge in [-0.3, -0.25) is 14.6 Å². The van der Waals surface area contributed by atoms with Gasteiger partial charge in [0.2, 0.25) is 5.91 Å². The van der Waals surface area contributed by atoms with Crippen molar-refractivity contribution in [1.29, 1.82) is 0 Å². The number of aliphatic imine (C=N–C) groups is 2. The second kappa shape index (κ2) is 10.1. The number of halogens is 1. The van der Waals surface area contributed by atoms with Crippen LogP contribution in [-0.2, 0) is 15.3 Å². The molecule has 1 saturated carbocycles. The number of nitrogens with one attached hydrogen (secondary N) is 1. The van der Waals surface area contributed by atoms with E-state index in [-0.39, 0.29) is 30.1 Å². The van der Waals surface area contributed by atoms with E-state index in [1.165, 1.54) is 29.1 Å². The van der Waals surface area contributed by atoms with Gasteiger partial charge >= 0.3 is 0 Å². The molecule has 0 bridgehead atoms. The molecule has 0 saturated heterocycles. The maximum atomic E-state index is 14.1. The van der Waals surface area contributed by atoms with Crippen molar-refractivity contribution in [3.05, 3.63) is 65.5 Å². The van der Waals surface area contributed by atoms with Crippen molar-refractivity contribution in [2.75, 3.05) is 0 Å². The van der Waals surface area contributed by atoms with E-state index in [1.807, 2.05) is 24.3 Å². The number of hydrogen-bond acceptors (Lipinski definition) is 5. The monoisotopic (exact) mass is 478 g/mol. The summed E-state index contributed by atoms with van der Waals surface area (Å²) in [7, 11) is 0. The summed E-state index contributed by atoms with van der Waals surface area (Å²) < 4.78 is 14.1. The summed E-state index contributed by atoms with van der Waals surface area (Å²) in [5, 5.41) is 3.60. The van der Waals surface area contributed by atoms with Crippen LogP contribution in [0.4, 0.5) is 10.1 Å². The Kier molecular flexibility index (Phi) is 6.76. The normalized spacial score (nSPS) is 19.9. The van der Waals surface area contributed by atoms with Crippen LogP contribution in [0.1, 0.15) is 56.1 Å². The fraction of sp³-hybridized carbons (Fsp3) is 0.385. The van der Waals surface area contributed by atoms with Crippen LogP contribution in [0.5, 0.6) is 0 Å². The molecule has 0 unspecified atom stereocenters. The van der Waals surface area contributed by atoms with Crippen LogP contribution in [0.25, 0.3) is 0 Å². The maximum Gasteiger partial charge on any atom is 0.259 e. The zero-order chi connectivity index (χ0) is 23.5. The lowest BCUT2D eigenvalue weighted by Crippen LogP contribution is -2.41. The fourth-order valence-electron chi connectivity index (χ4n) is 4.66. The summed E-state index contributed by atoms with van der Waals surface area (Å²) in [6.07, 6.45) is 6.21. The number of amidine groups is 2. The smallest absolute Gasteiger partial charge is 0.259 e. The van der Waals surface area contributed by atoms with Crippen molar-refractivity contribution in [2.45, 2.75) is 62.8 Å². The summed E-state index contributed by atoms with van der Waals surface area (Å²) in [5.41, 5.74) is 2.08. The van der Waals surface area contributed by atoms with E-state index < -0.39 is 6.04 Å². The van der Waals surface area contributed by atoms with E-state index in [1.54, 1.807) is 18.2 Å². The molecule has 0 spiro atoms. The van der Waals surface area contributed by atoms with Crippen LogP contribution in [0.2, 0.25) is 0 Å². The largest absolute Gasteiger partial charge is 0.353 e. The quantitative estimate of drug-likeness (QED) is 0.639. The number of carbonyl (C=O) groups is 2. The third-order valence-corrected chi connectivity index (χ3v) is 7.46. The van der Waals surface area contributed by atoms with E-state index >= 15 is 0 Å². The molecule has 0 radical (unpaired) electrons. The van der Waals surface area contributed by atoms with E-state index in [4.69, 9.17) is 9.98 Å². The summed E-state index contributed by atoms with van der Waals surface area (Å²) in [4.78, 5) is 36.8. The van der Waals surface area contributed by atoms with E-state index in [0.29, 0.717) is 28.7 Å². The number of thioether (sulfide) groups is 1. The van der Waals surface area contributed by atoms with Gasteiger partial charge in [0.05, 0.1) is 5.69 Å². The van der Waals surface area contributed by atoms with Gasteiger partial charge < -0.3 is 5.32 Å². The first kappa shape index (κ1) is 22.8.